The molecule has 144 valence electrons. The molecule has 0 aliphatic carbocycles. The summed E-state index contributed by atoms with van der Waals surface area (Å²) in [5.74, 6) is -0.870. The summed E-state index contributed by atoms with van der Waals surface area (Å²) in [5.41, 5.74) is 3.29. The molecule has 0 unspecified atom stereocenters. The van der Waals surface area contributed by atoms with Crippen molar-refractivity contribution in [3.63, 3.8) is 0 Å². The number of amides is 1. The van der Waals surface area contributed by atoms with Crippen molar-refractivity contribution in [2.24, 2.45) is 0 Å². The number of fused-ring (bicyclic) bond motifs is 2. The Labute approximate surface area is 169 Å². The maximum absolute atomic E-state index is 12.9. The van der Waals surface area contributed by atoms with Crippen molar-refractivity contribution in [2.75, 3.05) is 11.9 Å². The zero-order valence-corrected chi connectivity index (χ0v) is 16.4. The molecule has 4 nitrogen and oxygen atoms in total. The predicted molar refractivity (Wildman–Crippen MR) is 116 cm³/mol. The molecule has 4 heteroatoms. The van der Waals surface area contributed by atoms with Crippen LogP contribution in [0.5, 0.6) is 0 Å². The minimum absolute atomic E-state index is 0.343. The third kappa shape index (κ3) is 3.69. The molecule has 4 aromatic carbocycles. The Hall–Kier alpha value is -3.66. The van der Waals surface area contributed by atoms with Gasteiger partial charge in [0.05, 0.1) is 5.56 Å². The summed E-state index contributed by atoms with van der Waals surface area (Å²) >= 11 is 0. The summed E-state index contributed by atoms with van der Waals surface area (Å²) in [4.78, 5) is 25.3. The molecular weight excluding hydrogens is 362 g/mol. The lowest BCUT2D eigenvalue weighted by molar-refractivity contribution is -0.119. The number of carbonyl (C=O) groups excluding carboxylic acids is 2. The van der Waals surface area contributed by atoms with Crippen molar-refractivity contribution in [3.8, 4) is 0 Å². The van der Waals surface area contributed by atoms with Crippen LogP contribution < -0.4 is 5.32 Å². The molecule has 0 fully saturated rings. The molecule has 1 N–H and O–H groups in total. The monoisotopic (exact) mass is 383 g/mol. The molecule has 0 bridgehead atoms. The van der Waals surface area contributed by atoms with Crippen molar-refractivity contribution >= 4 is 39.1 Å². The number of esters is 1. The third-order valence-corrected chi connectivity index (χ3v) is 5.19. The molecule has 0 saturated carbocycles. The lowest BCUT2D eigenvalue weighted by Crippen LogP contribution is -2.21. The van der Waals surface area contributed by atoms with E-state index in [4.69, 9.17) is 4.74 Å². The van der Waals surface area contributed by atoms with Crippen LogP contribution >= 0.6 is 0 Å². The van der Waals surface area contributed by atoms with Crippen LogP contribution in [0.2, 0.25) is 0 Å². The van der Waals surface area contributed by atoms with Crippen LogP contribution in [0.1, 0.15) is 21.5 Å². The van der Waals surface area contributed by atoms with Gasteiger partial charge in [-0.3, -0.25) is 4.79 Å². The molecule has 0 aromatic heterocycles. The molecule has 0 aliphatic rings. The van der Waals surface area contributed by atoms with E-state index < -0.39 is 5.97 Å². The van der Waals surface area contributed by atoms with Gasteiger partial charge in [0.2, 0.25) is 0 Å². The van der Waals surface area contributed by atoms with Gasteiger partial charge >= 0.3 is 5.97 Å². The van der Waals surface area contributed by atoms with Gasteiger partial charge in [-0.2, -0.15) is 0 Å². The van der Waals surface area contributed by atoms with E-state index in [2.05, 4.69) is 11.4 Å². The summed E-state index contributed by atoms with van der Waals surface area (Å²) in [5, 5.41) is 6.35. The second-order valence-corrected chi connectivity index (χ2v) is 7.07. The molecule has 0 saturated heterocycles. The number of aryl methyl sites for hydroxylation is 1. The molecule has 1 amide bonds. The van der Waals surface area contributed by atoms with E-state index in [1.54, 1.807) is 0 Å². The van der Waals surface area contributed by atoms with E-state index in [9.17, 15) is 9.59 Å². The second-order valence-electron chi connectivity index (χ2n) is 7.07. The van der Waals surface area contributed by atoms with E-state index in [-0.39, 0.29) is 12.5 Å². The second kappa shape index (κ2) is 7.76. The first kappa shape index (κ1) is 18.7. The summed E-state index contributed by atoms with van der Waals surface area (Å²) in [6.07, 6.45) is 0. The summed E-state index contributed by atoms with van der Waals surface area (Å²) < 4.78 is 5.40. The van der Waals surface area contributed by atoms with E-state index in [0.29, 0.717) is 5.56 Å². The van der Waals surface area contributed by atoms with E-state index in [1.807, 2.05) is 80.6 Å². The largest absolute Gasteiger partial charge is 0.452 e. The van der Waals surface area contributed by atoms with Gasteiger partial charge in [-0.05, 0) is 58.7 Å². The number of carbonyl (C=O) groups is 2. The van der Waals surface area contributed by atoms with Gasteiger partial charge in [-0.1, -0.05) is 60.7 Å². The van der Waals surface area contributed by atoms with Crippen molar-refractivity contribution in [3.05, 3.63) is 89.5 Å². The molecule has 0 aliphatic heterocycles. The quantitative estimate of drug-likeness (QED) is 0.379. The molecule has 0 heterocycles. The lowest BCUT2D eigenvalue weighted by atomic mass is 9.97. The number of rotatable bonds is 4. The fourth-order valence-electron chi connectivity index (χ4n) is 3.51. The normalized spacial score (nSPS) is 10.8. The zero-order chi connectivity index (χ0) is 20.4. The average molecular weight is 383 g/mol. The van der Waals surface area contributed by atoms with Gasteiger partial charge < -0.3 is 10.1 Å². The summed E-state index contributed by atoms with van der Waals surface area (Å²) in [6.45, 7) is 3.58. The minimum atomic E-state index is -0.505. The van der Waals surface area contributed by atoms with Gasteiger partial charge in [0, 0.05) is 5.69 Å². The van der Waals surface area contributed by atoms with Crippen molar-refractivity contribution in [1.82, 2.24) is 0 Å². The van der Waals surface area contributed by atoms with Gasteiger partial charge in [0.15, 0.2) is 6.61 Å². The molecular formula is C25H21NO3. The highest BCUT2D eigenvalue weighted by Gasteiger charge is 2.17. The maximum atomic E-state index is 12.9. The number of nitrogens with one attached hydrogen (secondary N) is 1. The first-order valence-corrected chi connectivity index (χ1v) is 9.48. The number of benzene rings is 4. The Morgan fingerprint density at radius 3 is 2.10 bits per heavy atom. The number of hydrogen-bond acceptors (Lipinski definition) is 3. The first-order valence-electron chi connectivity index (χ1n) is 9.48. The molecule has 0 radical (unpaired) electrons. The smallest absolute Gasteiger partial charge is 0.339 e. The van der Waals surface area contributed by atoms with Crippen LogP contribution in [-0.2, 0) is 9.53 Å². The highest BCUT2D eigenvalue weighted by Crippen LogP contribution is 2.29. The van der Waals surface area contributed by atoms with Crippen molar-refractivity contribution in [1.29, 1.82) is 0 Å². The average Bonchev–Trinajstić information content (AvgIpc) is 2.73. The van der Waals surface area contributed by atoms with Crippen LogP contribution in [0.4, 0.5) is 5.69 Å². The first-order chi connectivity index (χ1) is 14.0. The molecule has 4 aromatic rings. The van der Waals surface area contributed by atoms with Crippen molar-refractivity contribution < 1.29 is 14.3 Å². The number of hydrogen-bond donors (Lipinski definition) is 1. The van der Waals surface area contributed by atoms with Crippen molar-refractivity contribution in [2.45, 2.75) is 13.8 Å². The summed E-state index contributed by atoms with van der Waals surface area (Å²) in [6, 6.07) is 23.1. The topological polar surface area (TPSA) is 55.4 Å². The highest BCUT2D eigenvalue weighted by atomic mass is 16.5. The van der Waals surface area contributed by atoms with E-state index >= 15 is 0 Å². The van der Waals surface area contributed by atoms with Gasteiger partial charge in [-0.25, -0.2) is 4.79 Å². The molecule has 29 heavy (non-hydrogen) atoms. The highest BCUT2D eigenvalue weighted by molar-refractivity contribution is 6.16. The van der Waals surface area contributed by atoms with Crippen LogP contribution in [-0.4, -0.2) is 18.5 Å². The lowest BCUT2D eigenvalue weighted by Gasteiger charge is -2.13. The Bertz CT molecular complexity index is 1190. The molecule has 0 atom stereocenters. The van der Waals surface area contributed by atoms with E-state index in [1.165, 1.54) is 0 Å². The Morgan fingerprint density at radius 1 is 0.828 bits per heavy atom. The Morgan fingerprint density at radius 2 is 1.45 bits per heavy atom. The zero-order valence-electron chi connectivity index (χ0n) is 16.4. The number of anilines is 1. The minimum Gasteiger partial charge on any atom is -0.452 e. The van der Waals surface area contributed by atoms with Gasteiger partial charge in [0.1, 0.15) is 0 Å². The molecule has 4 rings (SSSR count). The standard InChI is InChI=1S/C25H21NO3/c1-16-8-7-13-22(17(16)2)26-23(27)15-29-25(28)24-20-11-5-3-9-18(20)14-19-10-4-6-12-21(19)24/h3-14H,15H2,1-2H3,(H,26,27). The Balaban J connectivity index is 1.59. The maximum Gasteiger partial charge on any atom is 0.339 e. The van der Waals surface area contributed by atoms with Crippen LogP contribution in [0.3, 0.4) is 0 Å². The van der Waals surface area contributed by atoms with Crippen LogP contribution in [0, 0.1) is 13.8 Å². The number of ether oxygens (including phenoxy) is 1. The van der Waals surface area contributed by atoms with Crippen LogP contribution in [0.25, 0.3) is 21.5 Å². The third-order valence-electron chi connectivity index (χ3n) is 5.19. The summed E-state index contributed by atoms with van der Waals surface area (Å²) in [7, 11) is 0. The van der Waals surface area contributed by atoms with Gasteiger partial charge in [-0.15, -0.1) is 0 Å². The molecule has 0 spiro atoms. The fraction of sp³-hybridized carbons (Fsp3) is 0.120. The Kier molecular flexibility index (Phi) is 5.00. The van der Waals surface area contributed by atoms with Gasteiger partial charge in [0.25, 0.3) is 5.91 Å². The predicted octanol–water partition coefficient (Wildman–Crippen LogP) is 5.41. The van der Waals surface area contributed by atoms with Crippen LogP contribution in [0.15, 0.2) is 72.8 Å². The fourth-order valence-corrected chi connectivity index (χ4v) is 3.51. The SMILES string of the molecule is Cc1cccc(NC(=O)COC(=O)c2c3ccccc3cc3ccccc23)c1C. The van der Waals surface area contributed by atoms with E-state index in [0.717, 1.165) is 38.4 Å².